The lowest BCUT2D eigenvalue weighted by atomic mass is 10.1. The van der Waals surface area contributed by atoms with E-state index in [-0.39, 0.29) is 5.69 Å². The molecule has 0 saturated carbocycles. The van der Waals surface area contributed by atoms with E-state index in [1.54, 1.807) is 11.4 Å². The summed E-state index contributed by atoms with van der Waals surface area (Å²) in [7, 11) is 0. The predicted octanol–water partition coefficient (Wildman–Crippen LogP) is 4.35. The SMILES string of the molecule is O=C(COC(=O)c1sccc1-c1ccccc1)Nc1ccccc1F. The molecule has 3 aromatic rings. The lowest BCUT2D eigenvalue weighted by Gasteiger charge is -2.08. The molecule has 0 aliphatic heterocycles. The Kier molecular flexibility index (Phi) is 5.20. The van der Waals surface area contributed by atoms with Crippen LogP contribution in [-0.4, -0.2) is 18.5 Å². The standard InChI is InChI=1S/C19H14FNO3S/c20-15-8-4-5-9-16(15)21-17(22)12-24-19(23)18-14(10-11-25-18)13-6-2-1-3-7-13/h1-11H,12H2,(H,21,22). The minimum absolute atomic E-state index is 0.0460. The van der Waals surface area contributed by atoms with Gasteiger partial charge in [0.25, 0.3) is 5.91 Å². The molecule has 2 aromatic carbocycles. The Balaban J connectivity index is 1.63. The number of para-hydroxylation sites is 1. The molecule has 126 valence electrons. The van der Waals surface area contributed by atoms with E-state index in [2.05, 4.69) is 5.32 Å². The molecule has 25 heavy (non-hydrogen) atoms. The maximum absolute atomic E-state index is 13.5. The van der Waals surface area contributed by atoms with Crippen molar-refractivity contribution in [1.29, 1.82) is 0 Å². The molecule has 3 rings (SSSR count). The van der Waals surface area contributed by atoms with Crippen LogP contribution in [0.1, 0.15) is 9.67 Å². The monoisotopic (exact) mass is 355 g/mol. The van der Waals surface area contributed by atoms with Crippen LogP contribution in [0.5, 0.6) is 0 Å². The van der Waals surface area contributed by atoms with Crippen LogP contribution in [0.2, 0.25) is 0 Å². The molecular weight excluding hydrogens is 341 g/mol. The number of nitrogens with one attached hydrogen (secondary N) is 1. The Labute approximate surface area is 147 Å². The van der Waals surface area contributed by atoms with E-state index in [1.807, 2.05) is 36.4 Å². The van der Waals surface area contributed by atoms with Crippen molar-refractivity contribution >= 4 is 28.9 Å². The first-order valence-corrected chi connectivity index (χ1v) is 8.37. The molecule has 6 heteroatoms. The van der Waals surface area contributed by atoms with E-state index in [9.17, 15) is 14.0 Å². The van der Waals surface area contributed by atoms with Gasteiger partial charge in [0.2, 0.25) is 0 Å². The molecule has 0 fully saturated rings. The van der Waals surface area contributed by atoms with Crippen molar-refractivity contribution in [2.45, 2.75) is 0 Å². The van der Waals surface area contributed by atoms with Gasteiger partial charge < -0.3 is 10.1 Å². The van der Waals surface area contributed by atoms with Crippen LogP contribution in [0, 0.1) is 5.82 Å². The van der Waals surface area contributed by atoms with Crippen molar-refractivity contribution in [3.05, 3.63) is 76.7 Å². The maximum Gasteiger partial charge on any atom is 0.349 e. The van der Waals surface area contributed by atoms with E-state index in [0.29, 0.717) is 4.88 Å². The molecule has 0 aliphatic rings. The van der Waals surface area contributed by atoms with Crippen LogP contribution in [-0.2, 0) is 9.53 Å². The van der Waals surface area contributed by atoms with Gasteiger partial charge in [0, 0.05) is 5.56 Å². The second-order valence-electron chi connectivity index (χ2n) is 5.13. The molecule has 0 aliphatic carbocycles. The number of rotatable bonds is 5. The minimum atomic E-state index is -0.601. The summed E-state index contributed by atoms with van der Waals surface area (Å²) in [6.07, 6.45) is 0. The third-order valence-corrected chi connectivity index (χ3v) is 4.31. The number of anilines is 1. The Morgan fingerprint density at radius 3 is 2.48 bits per heavy atom. The van der Waals surface area contributed by atoms with Crippen molar-refractivity contribution in [2.24, 2.45) is 0 Å². The summed E-state index contributed by atoms with van der Waals surface area (Å²) < 4.78 is 18.6. The van der Waals surface area contributed by atoms with Gasteiger partial charge in [-0.3, -0.25) is 4.79 Å². The summed E-state index contributed by atoms with van der Waals surface area (Å²) in [5, 5.41) is 4.16. The van der Waals surface area contributed by atoms with Crippen molar-refractivity contribution in [1.82, 2.24) is 0 Å². The number of carbonyl (C=O) groups is 2. The highest BCUT2D eigenvalue weighted by molar-refractivity contribution is 7.12. The van der Waals surface area contributed by atoms with E-state index in [0.717, 1.165) is 11.1 Å². The van der Waals surface area contributed by atoms with Gasteiger partial charge in [-0.25, -0.2) is 9.18 Å². The lowest BCUT2D eigenvalue weighted by molar-refractivity contribution is -0.119. The van der Waals surface area contributed by atoms with Crippen LogP contribution in [0.4, 0.5) is 10.1 Å². The first kappa shape index (κ1) is 16.9. The van der Waals surface area contributed by atoms with Crippen LogP contribution >= 0.6 is 11.3 Å². The summed E-state index contributed by atoms with van der Waals surface area (Å²) >= 11 is 1.24. The number of esters is 1. The van der Waals surface area contributed by atoms with Crippen LogP contribution in [0.15, 0.2) is 66.0 Å². The molecule has 0 radical (unpaired) electrons. The van der Waals surface area contributed by atoms with Crippen molar-refractivity contribution < 1.29 is 18.7 Å². The number of thiophene rings is 1. The molecule has 1 amide bonds. The number of halogens is 1. The average Bonchev–Trinajstić information content (AvgIpc) is 3.12. The summed E-state index contributed by atoms with van der Waals surface area (Å²) in [5.74, 6) is -1.74. The lowest BCUT2D eigenvalue weighted by Crippen LogP contribution is -2.21. The number of hydrogen-bond donors (Lipinski definition) is 1. The fourth-order valence-corrected chi connectivity index (χ4v) is 3.07. The number of carbonyl (C=O) groups excluding carboxylic acids is 2. The Bertz CT molecular complexity index is 892. The fraction of sp³-hybridized carbons (Fsp3) is 0.0526. The smallest absolute Gasteiger partial charge is 0.349 e. The quantitative estimate of drug-likeness (QED) is 0.692. The van der Waals surface area contributed by atoms with Gasteiger partial charge in [-0.05, 0) is 29.1 Å². The summed E-state index contributed by atoms with van der Waals surface area (Å²) in [4.78, 5) is 24.5. The van der Waals surface area contributed by atoms with Gasteiger partial charge in [-0.15, -0.1) is 11.3 Å². The zero-order chi connectivity index (χ0) is 17.6. The molecule has 1 aromatic heterocycles. The minimum Gasteiger partial charge on any atom is -0.451 e. The third-order valence-electron chi connectivity index (χ3n) is 3.42. The second kappa shape index (κ2) is 7.72. The Morgan fingerprint density at radius 2 is 1.72 bits per heavy atom. The van der Waals surface area contributed by atoms with Gasteiger partial charge in [-0.2, -0.15) is 0 Å². The summed E-state index contributed by atoms with van der Waals surface area (Å²) in [5.41, 5.74) is 1.70. The Hall–Kier alpha value is -2.99. The molecular formula is C19H14FNO3S. The number of benzene rings is 2. The molecule has 1 N–H and O–H groups in total. The second-order valence-corrected chi connectivity index (χ2v) is 6.05. The highest BCUT2D eigenvalue weighted by Crippen LogP contribution is 2.28. The van der Waals surface area contributed by atoms with E-state index < -0.39 is 24.3 Å². The molecule has 0 bridgehead atoms. The first-order chi connectivity index (χ1) is 12.1. The van der Waals surface area contributed by atoms with Gasteiger partial charge in [0.05, 0.1) is 5.69 Å². The van der Waals surface area contributed by atoms with Crippen molar-refractivity contribution in [3.8, 4) is 11.1 Å². The zero-order valence-corrected chi connectivity index (χ0v) is 13.9. The number of hydrogen-bond acceptors (Lipinski definition) is 4. The van der Waals surface area contributed by atoms with Gasteiger partial charge in [-0.1, -0.05) is 42.5 Å². The normalized spacial score (nSPS) is 10.3. The molecule has 0 unspecified atom stereocenters. The maximum atomic E-state index is 13.5. The molecule has 0 saturated heterocycles. The van der Waals surface area contributed by atoms with E-state index in [1.165, 1.54) is 29.5 Å². The van der Waals surface area contributed by atoms with Crippen LogP contribution in [0.25, 0.3) is 11.1 Å². The topological polar surface area (TPSA) is 55.4 Å². The summed E-state index contributed by atoms with van der Waals surface area (Å²) in [6.45, 7) is -0.487. The van der Waals surface area contributed by atoms with E-state index in [4.69, 9.17) is 4.74 Å². The highest BCUT2D eigenvalue weighted by atomic mass is 32.1. The van der Waals surface area contributed by atoms with Crippen LogP contribution < -0.4 is 5.32 Å². The number of amides is 1. The molecule has 4 nitrogen and oxygen atoms in total. The zero-order valence-electron chi connectivity index (χ0n) is 13.1. The van der Waals surface area contributed by atoms with E-state index >= 15 is 0 Å². The number of ether oxygens (including phenoxy) is 1. The summed E-state index contributed by atoms with van der Waals surface area (Å²) in [6, 6.07) is 17.1. The molecule has 0 spiro atoms. The van der Waals surface area contributed by atoms with Gasteiger partial charge >= 0.3 is 5.97 Å². The van der Waals surface area contributed by atoms with Crippen LogP contribution in [0.3, 0.4) is 0 Å². The highest BCUT2D eigenvalue weighted by Gasteiger charge is 2.17. The predicted molar refractivity (Wildman–Crippen MR) is 95.1 cm³/mol. The van der Waals surface area contributed by atoms with Gasteiger partial charge in [0.1, 0.15) is 10.7 Å². The van der Waals surface area contributed by atoms with Crippen molar-refractivity contribution in [2.75, 3.05) is 11.9 Å². The van der Waals surface area contributed by atoms with Crippen molar-refractivity contribution in [3.63, 3.8) is 0 Å². The largest absolute Gasteiger partial charge is 0.451 e. The molecule has 1 heterocycles. The average molecular weight is 355 g/mol. The first-order valence-electron chi connectivity index (χ1n) is 7.49. The van der Waals surface area contributed by atoms with Gasteiger partial charge in [0.15, 0.2) is 6.61 Å². The molecule has 0 atom stereocenters. The Morgan fingerprint density at radius 1 is 1.00 bits per heavy atom. The third kappa shape index (κ3) is 4.10. The fourth-order valence-electron chi connectivity index (χ4n) is 2.26.